The summed E-state index contributed by atoms with van der Waals surface area (Å²) in [6.45, 7) is 4.16. The quantitative estimate of drug-likeness (QED) is 0.410. The summed E-state index contributed by atoms with van der Waals surface area (Å²) >= 11 is 3.37. The Morgan fingerprint density at radius 1 is 1.23 bits per heavy atom. The van der Waals surface area contributed by atoms with Crippen molar-refractivity contribution in [2.24, 2.45) is 0 Å². The van der Waals surface area contributed by atoms with Crippen LogP contribution in [-0.4, -0.2) is 19.7 Å². The van der Waals surface area contributed by atoms with Crippen LogP contribution in [0.25, 0.3) is 22.3 Å². The number of rotatable bonds is 6. The lowest BCUT2D eigenvalue weighted by Crippen LogP contribution is -2.19. The van der Waals surface area contributed by atoms with Gasteiger partial charge in [0.05, 0.1) is 42.1 Å². The van der Waals surface area contributed by atoms with Crippen molar-refractivity contribution in [1.29, 1.82) is 5.26 Å². The van der Waals surface area contributed by atoms with E-state index >= 15 is 0 Å². The van der Waals surface area contributed by atoms with Gasteiger partial charge in [-0.15, -0.1) is 0 Å². The first-order valence-electron chi connectivity index (χ1n) is 9.08. The maximum absolute atomic E-state index is 13.3. The molecule has 0 amide bonds. The van der Waals surface area contributed by atoms with E-state index in [0.29, 0.717) is 10.3 Å². The summed E-state index contributed by atoms with van der Waals surface area (Å²) in [5.41, 5.74) is 3.82. The molecule has 3 aromatic heterocycles. The Morgan fingerprint density at radius 2 is 2.03 bits per heavy atom. The van der Waals surface area contributed by atoms with Crippen LogP contribution < -0.4 is 5.32 Å². The van der Waals surface area contributed by atoms with Crippen molar-refractivity contribution in [2.45, 2.75) is 12.5 Å². The van der Waals surface area contributed by atoms with Crippen molar-refractivity contribution in [3.63, 3.8) is 0 Å². The number of aromatic nitrogens is 4. The zero-order valence-corrected chi connectivity index (χ0v) is 17.3. The molecule has 6 nitrogen and oxygen atoms in total. The second kappa shape index (κ2) is 8.43. The van der Waals surface area contributed by atoms with Gasteiger partial charge in [0, 0.05) is 29.0 Å². The molecule has 0 aliphatic rings. The first-order valence-corrected chi connectivity index (χ1v) is 9.88. The number of benzene rings is 1. The molecular weight excluding hydrogens is 447 g/mol. The molecular formula is C22H16BrFN6. The van der Waals surface area contributed by atoms with Crippen LogP contribution in [0.2, 0.25) is 0 Å². The Hall–Kier alpha value is -3.57. The Labute approximate surface area is 180 Å². The van der Waals surface area contributed by atoms with Crippen LogP contribution in [0, 0.1) is 17.1 Å². The molecule has 0 saturated carbocycles. The number of hydrogen-bond acceptors (Lipinski definition) is 5. The molecule has 1 N–H and O–H groups in total. The number of fused-ring (bicyclic) bond motifs is 1. The summed E-state index contributed by atoms with van der Waals surface area (Å²) in [5.74, 6) is -0.308. The zero-order valence-electron chi connectivity index (χ0n) is 15.8. The van der Waals surface area contributed by atoms with E-state index in [1.54, 1.807) is 41.6 Å². The number of nitrogens with zero attached hydrogens (tertiary/aromatic N) is 5. The van der Waals surface area contributed by atoms with Crippen LogP contribution in [0.3, 0.4) is 0 Å². The summed E-state index contributed by atoms with van der Waals surface area (Å²) in [5, 5.41) is 17.9. The van der Waals surface area contributed by atoms with Crippen LogP contribution in [0.1, 0.15) is 23.6 Å². The molecule has 0 aliphatic carbocycles. The number of hydrogen-bond donors (Lipinski definition) is 1. The fourth-order valence-electron chi connectivity index (χ4n) is 3.24. The van der Waals surface area contributed by atoms with E-state index < -0.39 is 0 Å². The largest absolute Gasteiger partial charge is 0.377 e. The normalized spacial score (nSPS) is 11.8. The van der Waals surface area contributed by atoms with Gasteiger partial charge in [0.2, 0.25) is 0 Å². The molecule has 3 heterocycles. The lowest BCUT2D eigenvalue weighted by atomic mass is 10.0. The van der Waals surface area contributed by atoms with Crippen molar-refractivity contribution in [3.8, 4) is 11.8 Å². The fourth-order valence-corrected chi connectivity index (χ4v) is 3.62. The van der Waals surface area contributed by atoms with Crippen LogP contribution in [-0.2, 0) is 0 Å². The molecule has 0 saturated heterocycles. The maximum Gasteiger partial charge on any atom is 0.123 e. The molecule has 4 rings (SSSR count). The summed E-state index contributed by atoms with van der Waals surface area (Å²) in [4.78, 5) is 8.47. The fraction of sp³-hybridized carbons (Fsp3) is 0.0909. The molecule has 8 heteroatoms. The average Bonchev–Trinajstić information content (AvgIpc) is 3.18. The summed E-state index contributed by atoms with van der Waals surface area (Å²) < 4.78 is 15.7. The van der Waals surface area contributed by atoms with Crippen LogP contribution in [0.4, 0.5) is 4.39 Å². The number of nitriles is 1. The Kier molecular flexibility index (Phi) is 5.55. The Balaban J connectivity index is 1.68. The summed E-state index contributed by atoms with van der Waals surface area (Å²) in [6, 6.07) is 11.8. The molecule has 0 radical (unpaired) electrons. The van der Waals surface area contributed by atoms with E-state index in [-0.39, 0.29) is 18.3 Å². The van der Waals surface area contributed by atoms with Gasteiger partial charge >= 0.3 is 0 Å². The predicted molar refractivity (Wildman–Crippen MR) is 116 cm³/mol. The minimum atomic E-state index is -0.308. The third-order valence-electron chi connectivity index (χ3n) is 4.69. The van der Waals surface area contributed by atoms with Crippen molar-refractivity contribution in [1.82, 2.24) is 25.1 Å². The predicted octanol–water partition coefficient (Wildman–Crippen LogP) is 4.93. The van der Waals surface area contributed by atoms with Gasteiger partial charge in [0.1, 0.15) is 10.4 Å². The molecule has 0 spiro atoms. The van der Waals surface area contributed by atoms with Gasteiger partial charge in [-0.05, 0) is 57.9 Å². The molecule has 4 aromatic rings. The van der Waals surface area contributed by atoms with E-state index in [9.17, 15) is 9.65 Å². The minimum absolute atomic E-state index is 0.258. The third-order valence-corrected chi connectivity index (χ3v) is 5.12. The zero-order chi connectivity index (χ0) is 21.1. The van der Waals surface area contributed by atoms with Crippen LogP contribution in [0.5, 0.6) is 0 Å². The van der Waals surface area contributed by atoms with Crippen LogP contribution in [0.15, 0.2) is 72.4 Å². The maximum atomic E-state index is 13.3. The minimum Gasteiger partial charge on any atom is -0.377 e. The SMILES string of the molecule is C=C(N[C@@H](CC#N)c1ccnc(Br)c1)c1cncc2c1cnn2-c1ccc(F)cc1. The van der Waals surface area contributed by atoms with E-state index in [1.807, 2.05) is 12.1 Å². The van der Waals surface area contributed by atoms with Gasteiger partial charge in [-0.25, -0.2) is 14.1 Å². The Bertz CT molecular complexity index is 1260. The summed E-state index contributed by atoms with van der Waals surface area (Å²) in [7, 11) is 0. The standard InChI is InChI=1S/C22H16BrFN6/c1-14(29-20(6-8-25)15-7-9-27-22(23)10-15)18-11-26-13-21-19(18)12-28-30(21)17-4-2-16(24)3-5-17/h2-5,7,9-13,20,29H,1,6H2/t20-/m0/s1. The van der Waals surface area contributed by atoms with Gasteiger partial charge in [-0.3, -0.25) is 4.98 Å². The molecule has 1 atom stereocenters. The highest BCUT2D eigenvalue weighted by Crippen LogP contribution is 2.27. The lowest BCUT2D eigenvalue weighted by molar-refractivity contribution is 0.627. The highest BCUT2D eigenvalue weighted by molar-refractivity contribution is 9.10. The lowest BCUT2D eigenvalue weighted by Gasteiger charge is -2.20. The second-order valence-electron chi connectivity index (χ2n) is 6.60. The molecule has 0 bridgehead atoms. The van der Waals surface area contributed by atoms with E-state index in [1.165, 1.54) is 12.1 Å². The van der Waals surface area contributed by atoms with Gasteiger partial charge < -0.3 is 5.32 Å². The molecule has 148 valence electrons. The second-order valence-corrected chi connectivity index (χ2v) is 7.41. The molecule has 0 unspecified atom stereocenters. The van der Waals surface area contributed by atoms with Crippen LogP contribution >= 0.6 is 15.9 Å². The van der Waals surface area contributed by atoms with E-state index in [0.717, 1.165) is 27.7 Å². The van der Waals surface area contributed by atoms with E-state index in [2.05, 4.69) is 49.0 Å². The van der Waals surface area contributed by atoms with Crippen molar-refractivity contribution < 1.29 is 4.39 Å². The molecule has 0 aliphatic heterocycles. The van der Waals surface area contributed by atoms with Gasteiger partial charge in [0.15, 0.2) is 0 Å². The van der Waals surface area contributed by atoms with Crippen molar-refractivity contribution >= 4 is 32.5 Å². The highest BCUT2D eigenvalue weighted by Gasteiger charge is 2.16. The monoisotopic (exact) mass is 462 g/mol. The Morgan fingerprint density at radius 3 is 2.77 bits per heavy atom. The average molecular weight is 463 g/mol. The first kappa shape index (κ1) is 19.7. The van der Waals surface area contributed by atoms with Gasteiger partial charge in [0.25, 0.3) is 0 Å². The molecule has 30 heavy (non-hydrogen) atoms. The third kappa shape index (κ3) is 3.93. The van der Waals surface area contributed by atoms with Crippen molar-refractivity contribution in [3.05, 3.63) is 89.3 Å². The summed E-state index contributed by atoms with van der Waals surface area (Å²) in [6.07, 6.45) is 7.08. The number of pyridine rings is 2. The molecule has 1 aromatic carbocycles. The smallest absolute Gasteiger partial charge is 0.123 e. The van der Waals surface area contributed by atoms with Gasteiger partial charge in [-0.2, -0.15) is 10.4 Å². The first-order chi connectivity index (χ1) is 14.6. The topological polar surface area (TPSA) is 79.4 Å². The van der Waals surface area contributed by atoms with Gasteiger partial charge in [-0.1, -0.05) is 6.58 Å². The van der Waals surface area contributed by atoms with Crippen molar-refractivity contribution in [2.75, 3.05) is 0 Å². The number of halogens is 2. The number of nitrogens with one attached hydrogen (secondary N) is 1. The van der Waals surface area contributed by atoms with E-state index in [4.69, 9.17) is 0 Å². The molecule has 0 fully saturated rings. The highest BCUT2D eigenvalue weighted by atomic mass is 79.9.